The molecule has 17 heavy (non-hydrogen) atoms. The average Bonchev–Trinajstić information content (AvgIpc) is 2.76. The fourth-order valence-electron chi connectivity index (χ4n) is 1.97. The van der Waals surface area contributed by atoms with Crippen LogP contribution in [-0.4, -0.2) is 25.1 Å². The van der Waals surface area contributed by atoms with Gasteiger partial charge in [0, 0.05) is 19.8 Å². The Kier molecular flexibility index (Phi) is 3.07. The van der Waals surface area contributed by atoms with Crippen molar-refractivity contribution in [3.8, 4) is 0 Å². The molecule has 0 atom stereocenters. The number of nitrogens with zero attached hydrogens (tertiary/aromatic N) is 2. The van der Waals surface area contributed by atoms with Crippen LogP contribution in [0.2, 0.25) is 0 Å². The maximum atomic E-state index is 5.76. The van der Waals surface area contributed by atoms with E-state index in [-0.39, 0.29) is 5.41 Å². The largest absolute Gasteiger partial charge is 0.464 e. The van der Waals surface area contributed by atoms with E-state index < -0.39 is 0 Å². The highest BCUT2D eigenvalue weighted by Crippen LogP contribution is 2.26. The standard InChI is InChI=1S/C13H19N3O/c1-13(2,8-14)9-16(3)12-10-5-7-17-11(10)4-6-15-12/h4-7H,8-9,14H2,1-3H3. The molecule has 92 valence electrons. The highest BCUT2D eigenvalue weighted by molar-refractivity contribution is 5.88. The summed E-state index contributed by atoms with van der Waals surface area (Å²) < 4.78 is 5.37. The van der Waals surface area contributed by atoms with Crippen LogP contribution in [0, 0.1) is 5.41 Å². The lowest BCUT2D eigenvalue weighted by atomic mass is 9.93. The van der Waals surface area contributed by atoms with E-state index in [1.807, 2.05) is 19.2 Å². The molecule has 2 aromatic rings. The number of furan rings is 1. The van der Waals surface area contributed by atoms with Crippen molar-refractivity contribution in [2.24, 2.45) is 11.1 Å². The highest BCUT2D eigenvalue weighted by atomic mass is 16.3. The molecule has 0 saturated carbocycles. The molecule has 2 N–H and O–H groups in total. The number of hydrogen-bond acceptors (Lipinski definition) is 4. The van der Waals surface area contributed by atoms with Gasteiger partial charge >= 0.3 is 0 Å². The van der Waals surface area contributed by atoms with Crippen LogP contribution in [0.15, 0.2) is 29.0 Å². The Balaban J connectivity index is 2.30. The predicted octanol–water partition coefficient (Wildman–Crippen LogP) is 2.25. The van der Waals surface area contributed by atoms with Crippen molar-refractivity contribution in [2.45, 2.75) is 13.8 Å². The predicted molar refractivity (Wildman–Crippen MR) is 70.1 cm³/mol. The Morgan fingerprint density at radius 1 is 1.41 bits per heavy atom. The number of pyridine rings is 1. The summed E-state index contributed by atoms with van der Waals surface area (Å²) in [5, 5.41) is 1.04. The molecule has 4 nitrogen and oxygen atoms in total. The first-order valence-corrected chi connectivity index (χ1v) is 5.77. The van der Waals surface area contributed by atoms with Gasteiger partial charge in [-0.25, -0.2) is 4.98 Å². The molecule has 0 amide bonds. The second-order valence-corrected chi connectivity index (χ2v) is 5.19. The maximum Gasteiger partial charge on any atom is 0.139 e. The Morgan fingerprint density at radius 2 is 2.18 bits per heavy atom. The Labute approximate surface area is 101 Å². The van der Waals surface area contributed by atoms with Crippen LogP contribution in [-0.2, 0) is 0 Å². The number of hydrogen-bond donors (Lipinski definition) is 1. The number of anilines is 1. The quantitative estimate of drug-likeness (QED) is 0.880. The monoisotopic (exact) mass is 233 g/mol. The molecule has 2 rings (SSSR count). The van der Waals surface area contributed by atoms with Gasteiger partial charge in [0.1, 0.15) is 11.4 Å². The van der Waals surface area contributed by atoms with Gasteiger partial charge in [-0.3, -0.25) is 0 Å². The van der Waals surface area contributed by atoms with Crippen molar-refractivity contribution in [2.75, 3.05) is 25.0 Å². The molecular formula is C13H19N3O. The van der Waals surface area contributed by atoms with E-state index >= 15 is 0 Å². The normalized spacial score (nSPS) is 12.0. The smallest absolute Gasteiger partial charge is 0.139 e. The van der Waals surface area contributed by atoms with Crippen LogP contribution in [0.3, 0.4) is 0 Å². The lowest BCUT2D eigenvalue weighted by Crippen LogP contribution is -2.37. The lowest BCUT2D eigenvalue weighted by molar-refractivity contribution is 0.384. The van der Waals surface area contributed by atoms with Crippen LogP contribution >= 0.6 is 0 Å². The Morgan fingerprint density at radius 3 is 2.88 bits per heavy atom. The van der Waals surface area contributed by atoms with E-state index in [0.717, 1.165) is 23.3 Å². The number of aromatic nitrogens is 1. The van der Waals surface area contributed by atoms with Gasteiger partial charge in [-0.15, -0.1) is 0 Å². The van der Waals surface area contributed by atoms with Crippen LogP contribution in [0.1, 0.15) is 13.8 Å². The van der Waals surface area contributed by atoms with Crippen LogP contribution < -0.4 is 10.6 Å². The van der Waals surface area contributed by atoms with Crippen molar-refractivity contribution in [1.82, 2.24) is 4.98 Å². The van der Waals surface area contributed by atoms with E-state index in [1.54, 1.807) is 12.5 Å². The third-order valence-corrected chi connectivity index (χ3v) is 2.94. The molecule has 4 heteroatoms. The highest BCUT2D eigenvalue weighted by Gasteiger charge is 2.20. The van der Waals surface area contributed by atoms with Gasteiger partial charge in [0.2, 0.25) is 0 Å². The van der Waals surface area contributed by atoms with Gasteiger partial charge in [-0.05, 0) is 24.1 Å². The Hall–Kier alpha value is -1.55. The fraction of sp³-hybridized carbons (Fsp3) is 0.462. The summed E-state index contributed by atoms with van der Waals surface area (Å²) in [5.74, 6) is 0.942. The van der Waals surface area contributed by atoms with E-state index in [4.69, 9.17) is 10.2 Å². The van der Waals surface area contributed by atoms with Gasteiger partial charge in [0.15, 0.2) is 0 Å². The summed E-state index contributed by atoms with van der Waals surface area (Å²) in [5.41, 5.74) is 6.70. The fourth-order valence-corrected chi connectivity index (χ4v) is 1.97. The summed E-state index contributed by atoms with van der Waals surface area (Å²) >= 11 is 0. The second kappa shape index (κ2) is 4.37. The van der Waals surface area contributed by atoms with Crippen molar-refractivity contribution in [3.05, 3.63) is 24.6 Å². The summed E-state index contributed by atoms with van der Waals surface area (Å²) in [4.78, 5) is 6.55. The SMILES string of the molecule is CN(CC(C)(C)CN)c1nccc2occc12. The second-order valence-electron chi connectivity index (χ2n) is 5.19. The molecule has 0 aliphatic carbocycles. The van der Waals surface area contributed by atoms with E-state index in [2.05, 4.69) is 23.7 Å². The molecule has 0 fully saturated rings. The minimum absolute atomic E-state index is 0.0718. The summed E-state index contributed by atoms with van der Waals surface area (Å²) in [6.45, 7) is 5.82. The maximum absolute atomic E-state index is 5.76. The number of fused-ring (bicyclic) bond motifs is 1. The topological polar surface area (TPSA) is 55.3 Å². The third kappa shape index (κ3) is 2.42. The van der Waals surface area contributed by atoms with Crippen molar-refractivity contribution < 1.29 is 4.42 Å². The van der Waals surface area contributed by atoms with Crippen molar-refractivity contribution in [3.63, 3.8) is 0 Å². The summed E-state index contributed by atoms with van der Waals surface area (Å²) in [6, 6.07) is 3.82. The molecule has 0 spiro atoms. The zero-order valence-electron chi connectivity index (χ0n) is 10.6. The van der Waals surface area contributed by atoms with Crippen LogP contribution in [0.4, 0.5) is 5.82 Å². The van der Waals surface area contributed by atoms with Crippen molar-refractivity contribution in [1.29, 1.82) is 0 Å². The molecule has 0 aliphatic heterocycles. The minimum Gasteiger partial charge on any atom is -0.464 e. The third-order valence-electron chi connectivity index (χ3n) is 2.94. The summed E-state index contributed by atoms with van der Waals surface area (Å²) in [7, 11) is 2.03. The molecule has 0 radical (unpaired) electrons. The number of rotatable bonds is 4. The zero-order valence-corrected chi connectivity index (χ0v) is 10.6. The van der Waals surface area contributed by atoms with Gasteiger partial charge in [0.05, 0.1) is 11.6 Å². The minimum atomic E-state index is 0.0718. The lowest BCUT2D eigenvalue weighted by Gasteiger charge is -2.29. The molecule has 0 saturated heterocycles. The molecule has 0 unspecified atom stereocenters. The van der Waals surface area contributed by atoms with Crippen LogP contribution in [0.5, 0.6) is 0 Å². The van der Waals surface area contributed by atoms with E-state index in [0.29, 0.717) is 6.54 Å². The molecule has 2 aromatic heterocycles. The summed E-state index contributed by atoms with van der Waals surface area (Å²) in [6.07, 6.45) is 3.46. The molecule has 0 aromatic carbocycles. The first-order valence-electron chi connectivity index (χ1n) is 5.77. The van der Waals surface area contributed by atoms with Gasteiger partial charge < -0.3 is 15.1 Å². The molecule has 0 bridgehead atoms. The average molecular weight is 233 g/mol. The first-order chi connectivity index (χ1) is 8.03. The molecule has 0 aliphatic rings. The number of nitrogens with two attached hydrogens (primary N) is 1. The van der Waals surface area contributed by atoms with E-state index in [9.17, 15) is 0 Å². The zero-order chi connectivity index (χ0) is 12.5. The van der Waals surface area contributed by atoms with Gasteiger partial charge in [-0.1, -0.05) is 13.8 Å². The first kappa shape index (κ1) is 11.9. The van der Waals surface area contributed by atoms with E-state index in [1.165, 1.54) is 0 Å². The van der Waals surface area contributed by atoms with Crippen LogP contribution in [0.25, 0.3) is 11.0 Å². The van der Waals surface area contributed by atoms with Gasteiger partial charge in [-0.2, -0.15) is 0 Å². The Bertz CT molecular complexity index is 504. The molecule has 2 heterocycles. The van der Waals surface area contributed by atoms with Gasteiger partial charge in [0.25, 0.3) is 0 Å². The van der Waals surface area contributed by atoms with Crippen molar-refractivity contribution >= 4 is 16.8 Å². The molecular weight excluding hydrogens is 214 g/mol.